The van der Waals surface area contributed by atoms with E-state index in [2.05, 4.69) is 5.32 Å². The highest BCUT2D eigenvalue weighted by atomic mass is 16.5. The van der Waals surface area contributed by atoms with Gasteiger partial charge in [0.2, 0.25) is 0 Å². The molecule has 2 rings (SSSR count). The molecule has 14 heavy (non-hydrogen) atoms. The Morgan fingerprint density at radius 2 is 2.29 bits per heavy atom. The van der Waals surface area contributed by atoms with Crippen LogP contribution in [-0.2, 0) is 4.74 Å². The number of piperidine rings is 1. The van der Waals surface area contributed by atoms with E-state index < -0.39 is 5.60 Å². The molecule has 2 fully saturated rings. The van der Waals surface area contributed by atoms with Gasteiger partial charge in [0, 0.05) is 19.8 Å². The minimum absolute atomic E-state index is 0.420. The third-order valence-corrected chi connectivity index (χ3v) is 3.68. The highest BCUT2D eigenvalue weighted by Gasteiger charge is 2.39. The standard InChI is InChI=1S/C11H21NO2/c1-11(13)8-12-5-4-10(11)9-3-2-6-14-7-9/h9-10,12-13H,2-8H2,1H3. The number of rotatable bonds is 1. The molecule has 0 amide bonds. The van der Waals surface area contributed by atoms with Crippen molar-refractivity contribution < 1.29 is 9.84 Å². The first kappa shape index (κ1) is 10.4. The van der Waals surface area contributed by atoms with E-state index in [-0.39, 0.29) is 0 Å². The molecule has 2 saturated heterocycles. The van der Waals surface area contributed by atoms with Crippen molar-refractivity contribution in [1.29, 1.82) is 0 Å². The van der Waals surface area contributed by atoms with Gasteiger partial charge in [0.25, 0.3) is 0 Å². The van der Waals surface area contributed by atoms with Gasteiger partial charge in [-0.1, -0.05) is 0 Å². The monoisotopic (exact) mass is 199 g/mol. The lowest BCUT2D eigenvalue weighted by Crippen LogP contribution is -2.53. The summed E-state index contributed by atoms with van der Waals surface area (Å²) in [6.45, 7) is 5.48. The van der Waals surface area contributed by atoms with Crippen LogP contribution >= 0.6 is 0 Å². The van der Waals surface area contributed by atoms with Crippen molar-refractivity contribution in [3.63, 3.8) is 0 Å². The van der Waals surface area contributed by atoms with Crippen LogP contribution in [0.5, 0.6) is 0 Å². The van der Waals surface area contributed by atoms with E-state index in [1.807, 2.05) is 6.92 Å². The normalized spacial score (nSPS) is 45.0. The van der Waals surface area contributed by atoms with Crippen LogP contribution in [0, 0.1) is 11.8 Å². The summed E-state index contributed by atoms with van der Waals surface area (Å²) in [6, 6.07) is 0. The predicted molar refractivity (Wildman–Crippen MR) is 55.1 cm³/mol. The first-order chi connectivity index (χ1) is 6.70. The lowest BCUT2D eigenvalue weighted by atomic mass is 9.73. The molecule has 0 aromatic carbocycles. The lowest BCUT2D eigenvalue weighted by Gasteiger charge is -2.43. The van der Waals surface area contributed by atoms with Crippen LogP contribution in [0.3, 0.4) is 0 Å². The summed E-state index contributed by atoms with van der Waals surface area (Å²) in [5.41, 5.74) is -0.538. The Bertz CT molecular complexity index is 188. The molecule has 3 nitrogen and oxygen atoms in total. The minimum Gasteiger partial charge on any atom is -0.389 e. The quantitative estimate of drug-likeness (QED) is 0.655. The molecule has 0 aromatic heterocycles. The Balaban J connectivity index is 1.99. The number of nitrogens with one attached hydrogen (secondary N) is 1. The summed E-state index contributed by atoms with van der Waals surface area (Å²) in [4.78, 5) is 0. The Morgan fingerprint density at radius 3 is 2.93 bits per heavy atom. The van der Waals surface area contributed by atoms with Gasteiger partial charge in [0.15, 0.2) is 0 Å². The molecule has 3 unspecified atom stereocenters. The zero-order chi connectivity index (χ0) is 10.0. The Kier molecular flexibility index (Phi) is 3.10. The smallest absolute Gasteiger partial charge is 0.0775 e. The third-order valence-electron chi connectivity index (χ3n) is 3.68. The second-order valence-corrected chi connectivity index (χ2v) is 4.91. The Labute approximate surface area is 85.8 Å². The van der Waals surface area contributed by atoms with Gasteiger partial charge in [-0.25, -0.2) is 0 Å². The SMILES string of the molecule is CC1(O)CNCCC1C1CCCOC1. The number of β-amino-alcohol motifs (C(OH)–C–C–N with tert-alkyl or cyclic N) is 1. The fourth-order valence-electron chi connectivity index (χ4n) is 2.87. The van der Waals surface area contributed by atoms with Gasteiger partial charge in [-0.3, -0.25) is 0 Å². The number of hydrogen-bond donors (Lipinski definition) is 2. The largest absolute Gasteiger partial charge is 0.389 e. The molecular formula is C11H21NO2. The molecule has 2 heterocycles. The first-order valence-corrected chi connectivity index (χ1v) is 5.71. The van der Waals surface area contributed by atoms with Crippen molar-refractivity contribution in [3.8, 4) is 0 Å². The summed E-state index contributed by atoms with van der Waals surface area (Å²) in [5, 5.41) is 13.5. The second kappa shape index (κ2) is 4.17. The van der Waals surface area contributed by atoms with E-state index in [4.69, 9.17) is 4.74 Å². The average Bonchev–Trinajstić information content (AvgIpc) is 2.18. The summed E-state index contributed by atoms with van der Waals surface area (Å²) < 4.78 is 5.50. The van der Waals surface area contributed by atoms with Gasteiger partial charge in [-0.05, 0) is 44.6 Å². The molecule has 3 heteroatoms. The molecule has 0 spiro atoms. The van der Waals surface area contributed by atoms with Crippen molar-refractivity contribution in [2.75, 3.05) is 26.3 Å². The molecular weight excluding hydrogens is 178 g/mol. The van der Waals surface area contributed by atoms with Crippen molar-refractivity contribution >= 4 is 0 Å². The molecule has 82 valence electrons. The first-order valence-electron chi connectivity index (χ1n) is 5.71. The van der Waals surface area contributed by atoms with Crippen LogP contribution < -0.4 is 5.32 Å². The molecule has 0 saturated carbocycles. The maximum Gasteiger partial charge on any atom is 0.0775 e. The highest BCUT2D eigenvalue weighted by Crippen LogP contribution is 2.34. The second-order valence-electron chi connectivity index (χ2n) is 4.91. The molecule has 0 aliphatic carbocycles. The van der Waals surface area contributed by atoms with E-state index in [0.717, 1.165) is 39.1 Å². The van der Waals surface area contributed by atoms with Gasteiger partial charge in [-0.15, -0.1) is 0 Å². The van der Waals surface area contributed by atoms with E-state index >= 15 is 0 Å². The summed E-state index contributed by atoms with van der Waals surface area (Å²) in [5.74, 6) is 0.991. The molecule has 0 aromatic rings. The maximum absolute atomic E-state index is 10.3. The van der Waals surface area contributed by atoms with E-state index in [0.29, 0.717) is 11.8 Å². The predicted octanol–water partition coefficient (Wildman–Crippen LogP) is 0.773. The zero-order valence-electron chi connectivity index (χ0n) is 8.96. The number of hydrogen-bond acceptors (Lipinski definition) is 3. The lowest BCUT2D eigenvalue weighted by molar-refractivity contribution is -0.0775. The average molecular weight is 199 g/mol. The van der Waals surface area contributed by atoms with Crippen LogP contribution in [-0.4, -0.2) is 37.0 Å². The zero-order valence-corrected chi connectivity index (χ0v) is 8.96. The van der Waals surface area contributed by atoms with Crippen LogP contribution in [0.15, 0.2) is 0 Å². The van der Waals surface area contributed by atoms with Gasteiger partial charge < -0.3 is 15.2 Å². The molecule has 2 aliphatic rings. The van der Waals surface area contributed by atoms with Crippen molar-refractivity contribution in [3.05, 3.63) is 0 Å². The fraction of sp³-hybridized carbons (Fsp3) is 1.00. The van der Waals surface area contributed by atoms with E-state index in [1.165, 1.54) is 6.42 Å². The van der Waals surface area contributed by atoms with Crippen LogP contribution in [0.25, 0.3) is 0 Å². The van der Waals surface area contributed by atoms with Crippen molar-refractivity contribution in [2.45, 2.75) is 31.8 Å². The highest BCUT2D eigenvalue weighted by molar-refractivity contribution is 4.92. The van der Waals surface area contributed by atoms with Gasteiger partial charge in [-0.2, -0.15) is 0 Å². The van der Waals surface area contributed by atoms with Gasteiger partial charge in [0.05, 0.1) is 5.60 Å². The minimum atomic E-state index is -0.538. The Hall–Kier alpha value is -0.120. The van der Waals surface area contributed by atoms with Crippen LogP contribution in [0.2, 0.25) is 0 Å². The number of aliphatic hydroxyl groups is 1. The van der Waals surface area contributed by atoms with Crippen molar-refractivity contribution in [1.82, 2.24) is 5.32 Å². The fourth-order valence-corrected chi connectivity index (χ4v) is 2.87. The summed E-state index contributed by atoms with van der Waals surface area (Å²) >= 11 is 0. The van der Waals surface area contributed by atoms with E-state index in [9.17, 15) is 5.11 Å². The van der Waals surface area contributed by atoms with E-state index in [1.54, 1.807) is 0 Å². The van der Waals surface area contributed by atoms with Gasteiger partial charge >= 0.3 is 0 Å². The summed E-state index contributed by atoms with van der Waals surface area (Å²) in [6.07, 6.45) is 3.46. The van der Waals surface area contributed by atoms with Crippen molar-refractivity contribution in [2.24, 2.45) is 11.8 Å². The maximum atomic E-state index is 10.3. The summed E-state index contributed by atoms with van der Waals surface area (Å²) in [7, 11) is 0. The molecule has 0 bridgehead atoms. The van der Waals surface area contributed by atoms with Crippen LogP contribution in [0.4, 0.5) is 0 Å². The number of ether oxygens (including phenoxy) is 1. The third kappa shape index (κ3) is 2.10. The topological polar surface area (TPSA) is 41.5 Å². The molecule has 0 radical (unpaired) electrons. The Morgan fingerprint density at radius 1 is 1.43 bits per heavy atom. The molecule has 2 N–H and O–H groups in total. The van der Waals surface area contributed by atoms with Gasteiger partial charge in [0.1, 0.15) is 0 Å². The van der Waals surface area contributed by atoms with Crippen LogP contribution in [0.1, 0.15) is 26.2 Å². The molecule has 3 atom stereocenters. The molecule has 2 aliphatic heterocycles.